The van der Waals surface area contributed by atoms with Crippen molar-refractivity contribution in [1.29, 1.82) is 0 Å². The highest BCUT2D eigenvalue weighted by Crippen LogP contribution is 2.25. The lowest BCUT2D eigenvalue weighted by Gasteiger charge is -2.32. The highest BCUT2D eigenvalue weighted by atomic mass is 35.5. The number of aryl methyl sites for hydroxylation is 2. The third-order valence-electron chi connectivity index (χ3n) is 5.73. The van der Waals surface area contributed by atoms with Gasteiger partial charge in [-0.2, -0.15) is 0 Å². The predicted octanol–water partition coefficient (Wildman–Crippen LogP) is 4.05. The first-order valence-corrected chi connectivity index (χ1v) is 13.4. The first-order chi connectivity index (χ1) is 15.8. The van der Waals surface area contributed by atoms with Crippen molar-refractivity contribution in [3.63, 3.8) is 0 Å². The third kappa shape index (κ3) is 7.46. The van der Waals surface area contributed by atoms with Crippen LogP contribution in [0, 0.1) is 13.8 Å². The number of carbonyl (C=O) groups is 2. The molecule has 0 fully saturated rings. The fourth-order valence-electron chi connectivity index (χ4n) is 3.41. The molecule has 0 saturated carbocycles. The van der Waals surface area contributed by atoms with Crippen molar-refractivity contribution in [2.75, 3.05) is 17.1 Å². The molecule has 2 rings (SSSR count). The number of nitrogens with one attached hydrogen (secondary N) is 1. The summed E-state index contributed by atoms with van der Waals surface area (Å²) in [6.07, 6.45) is 1.79. The predicted molar refractivity (Wildman–Crippen MR) is 137 cm³/mol. The van der Waals surface area contributed by atoms with Gasteiger partial charge in [-0.05, 0) is 57.4 Å². The zero-order valence-corrected chi connectivity index (χ0v) is 22.2. The van der Waals surface area contributed by atoms with E-state index in [2.05, 4.69) is 5.32 Å². The summed E-state index contributed by atoms with van der Waals surface area (Å²) in [6.45, 7) is 8.97. The van der Waals surface area contributed by atoms with Crippen LogP contribution in [0.3, 0.4) is 0 Å². The summed E-state index contributed by atoms with van der Waals surface area (Å²) in [5.74, 6) is -0.782. The molecule has 34 heavy (non-hydrogen) atoms. The maximum Gasteiger partial charge on any atom is 0.244 e. The Balaban J connectivity index is 2.41. The van der Waals surface area contributed by atoms with Crippen molar-refractivity contribution in [3.05, 3.63) is 64.2 Å². The summed E-state index contributed by atoms with van der Waals surface area (Å²) in [4.78, 5) is 27.8. The first-order valence-electron chi connectivity index (χ1n) is 11.2. The van der Waals surface area contributed by atoms with Crippen molar-refractivity contribution < 1.29 is 18.0 Å². The van der Waals surface area contributed by atoms with E-state index in [0.29, 0.717) is 10.7 Å². The minimum absolute atomic E-state index is 0.0481. The van der Waals surface area contributed by atoms with Gasteiger partial charge in [0.2, 0.25) is 21.8 Å². The van der Waals surface area contributed by atoms with E-state index < -0.39 is 28.5 Å². The van der Waals surface area contributed by atoms with Crippen molar-refractivity contribution in [1.82, 2.24) is 10.2 Å². The molecule has 2 aromatic carbocycles. The molecule has 0 spiro atoms. The molecule has 0 bridgehead atoms. The number of hydrogen-bond acceptors (Lipinski definition) is 4. The van der Waals surface area contributed by atoms with Gasteiger partial charge in [0, 0.05) is 17.6 Å². The topological polar surface area (TPSA) is 86.8 Å². The number of sulfonamides is 1. The van der Waals surface area contributed by atoms with Gasteiger partial charge in [0.15, 0.2) is 0 Å². The van der Waals surface area contributed by atoms with E-state index in [1.807, 2.05) is 52.0 Å². The number of nitrogens with zero attached hydrogens (tertiary/aromatic N) is 2. The highest BCUT2D eigenvalue weighted by molar-refractivity contribution is 7.92. The second-order valence-electron chi connectivity index (χ2n) is 8.71. The van der Waals surface area contributed by atoms with Gasteiger partial charge in [0.25, 0.3) is 0 Å². The summed E-state index contributed by atoms with van der Waals surface area (Å²) in [7, 11) is -3.80. The highest BCUT2D eigenvalue weighted by Gasteiger charge is 2.30. The molecular weight excluding hydrogens is 474 g/mol. The molecule has 7 nitrogen and oxygen atoms in total. The molecule has 2 atom stereocenters. The number of amides is 2. The van der Waals surface area contributed by atoms with Crippen LogP contribution in [0.2, 0.25) is 5.02 Å². The second kappa shape index (κ2) is 11.7. The molecule has 0 aliphatic carbocycles. The summed E-state index contributed by atoms with van der Waals surface area (Å²) in [5.41, 5.74) is 2.95. The van der Waals surface area contributed by atoms with E-state index in [9.17, 15) is 18.0 Å². The van der Waals surface area contributed by atoms with Crippen molar-refractivity contribution in [3.8, 4) is 0 Å². The van der Waals surface area contributed by atoms with Gasteiger partial charge in [-0.15, -0.1) is 0 Å². The number of rotatable bonds is 10. The smallest absolute Gasteiger partial charge is 0.244 e. The minimum Gasteiger partial charge on any atom is -0.352 e. The van der Waals surface area contributed by atoms with Crippen molar-refractivity contribution in [2.24, 2.45) is 0 Å². The Morgan fingerprint density at radius 2 is 1.76 bits per heavy atom. The van der Waals surface area contributed by atoms with Gasteiger partial charge in [0.05, 0.1) is 11.9 Å². The molecule has 2 aromatic rings. The van der Waals surface area contributed by atoms with E-state index in [1.54, 1.807) is 19.1 Å². The van der Waals surface area contributed by atoms with Gasteiger partial charge in [0.1, 0.15) is 12.6 Å². The fraction of sp³-hybridized carbons (Fsp3) is 0.440. The molecule has 0 saturated heterocycles. The molecule has 0 unspecified atom stereocenters. The zero-order chi connectivity index (χ0) is 25.6. The van der Waals surface area contributed by atoms with Crippen molar-refractivity contribution >= 4 is 39.1 Å². The number of benzene rings is 2. The molecule has 186 valence electrons. The molecule has 9 heteroatoms. The first kappa shape index (κ1) is 27.7. The van der Waals surface area contributed by atoms with E-state index in [4.69, 9.17) is 11.6 Å². The SMILES string of the molecule is CC[C@@H](C)NC(=O)[C@@H](C)N(Cc1cccc(C)c1)C(=O)CN(c1ccc(C)c(Cl)c1)S(C)(=O)=O. The zero-order valence-electron chi connectivity index (χ0n) is 20.6. The van der Waals surface area contributed by atoms with Crippen molar-refractivity contribution in [2.45, 2.75) is 59.7 Å². The Morgan fingerprint density at radius 1 is 1.09 bits per heavy atom. The van der Waals surface area contributed by atoms with Crippen LogP contribution in [0.5, 0.6) is 0 Å². The van der Waals surface area contributed by atoms with E-state index >= 15 is 0 Å². The van der Waals surface area contributed by atoms with E-state index in [-0.39, 0.29) is 18.5 Å². The molecule has 0 aliphatic heterocycles. The molecule has 1 N–H and O–H groups in total. The summed E-state index contributed by atoms with van der Waals surface area (Å²) < 4.78 is 26.2. The molecule has 0 radical (unpaired) electrons. The average Bonchev–Trinajstić information content (AvgIpc) is 2.76. The molecular formula is C25H34ClN3O4S. The lowest BCUT2D eigenvalue weighted by atomic mass is 10.1. The van der Waals surface area contributed by atoms with Crippen LogP contribution in [0.1, 0.15) is 43.9 Å². The van der Waals surface area contributed by atoms with Gasteiger partial charge in [-0.3, -0.25) is 13.9 Å². The van der Waals surface area contributed by atoms with Crippen LogP contribution in [0.4, 0.5) is 5.69 Å². The Labute approximate surface area is 208 Å². The number of carbonyl (C=O) groups excluding carboxylic acids is 2. The lowest BCUT2D eigenvalue weighted by Crippen LogP contribution is -2.52. The normalized spacial score (nSPS) is 13.1. The van der Waals surface area contributed by atoms with Crippen LogP contribution in [-0.4, -0.2) is 50.0 Å². The van der Waals surface area contributed by atoms with Crippen LogP contribution in [0.25, 0.3) is 0 Å². The number of anilines is 1. The minimum atomic E-state index is -3.80. The van der Waals surface area contributed by atoms with Crippen LogP contribution >= 0.6 is 11.6 Å². The van der Waals surface area contributed by atoms with E-state index in [0.717, 1.165) is 33.7 Å². The Hall–Kier alpha value is -2.58. The largest absolute Gasteiger partial charge is 0.352 e. The number of halogens is 1. The second-order valence-corrected chi connectivity index (χ2v) is 11.0. The molecule has 0 aliphatic rings. The Morgan fingerprint density at radius 3 is 2.32 bits per heavy atom. The van der Waals surface area contributed by atoms with Gasteiger partial charge >= 0.3 is 0 Å². The summed E-state index contributed by atoms with van der Waals surface area (Å²) in [5, 5.41) is 3.31. The monoisotopic (exact) mass is 507 g/mol. The van der Waals surface area contributed by atoms with Gasteiger partial charge in [-0.25, -0.2) is 8.42 Å². The fourth-order valence-corrected chi connectivity index (χ4v) is 4.42. The Kier molecular flexibility index (Phi) is 9.53. The van der Waals surface area contributed by atoms with Gasteiger partial charge in [-0.1, -0.05) is 54.4 Å². The van der Waals surface area contributed by atoms with Gasteiger partial charge < -0.3 is 10.2 Å². The van der Waals surface area contributed by atoms with Crippen LogP contribution in [-0.2, 0) is 26.2 Å². The van der Waals surface area contributed by atoms with Crippen LogP contribution in [0.15, 0.2) is 42.5 Å². The summed E-state index contributed by atoms with van der Waals surface area (Å²) >= 11 is 6.21. The lowest BCUT2D eigenvalue weighted by molar-refractivity contribution is -0.139. The van der Waals surface area contributed by atoms with Crippen LogP contribution < -0.4 is 9.62 Å². The maximum atomic E-state index is 13.5. The number of hydrogen-bond donors (Lipinski definition) is 1. The summed E-state index contributed by atoms with van der Waals surface area (Å²) in [6, 6.07) is 11.6. The third-order valence-corrected chi connectivity index (χ3v) is 7.27. The quantitative estimate of drug-likeness (QED) is 0.525. The standard InChI is InChI=1S/C25H34ClN3O4S/c1-7-19(4)27-25(31)20(5)28(15-21-10-8-9-17(2)13-21)24(30)16-29(34(6,32)33)22-12-11-18(3)23(26)14-22/h8-14,19-20H,7,15-16H2,1-6H3,(H,27,31)/t19-,20-/m1/s1. The Bertz CT molecular complexity index is 1140. The molecule has 0 heterocycles. The average molecular weight is 508 g/mol. The van der Waals surface area contributed by atoms with E-state index in [1.165, 1.54) is 11.0 Å². The molecule has 2 amide bonds. The molecule has 0 aromatic heterocycles. The maximum absolute atomic E-state index is 13.5.